The van der Waals surface area contributed by atoms with Crippen LogP contribution in [0.3, 0.4) is 0 Å². The van der Waals surface area contributed by atoms with Crippen LogP contribution in [0, 0.1) is 11.9 Å². The van der Waals surface area contributed by atoms with Gasteiger partial charge in [-0.05, 0) is 53.8 Å². The first kappa shape index (κ1) is 16.3. The molecule has 1 aliphatic carbocycles. The van der Waals surface area contributed by atoms with Gasteiger partial charge < -0.3 is 4.74 Å². The summed E-state index contributed by atoms with van der Waals surface area (Å²) in [6.45, 7) is 0. The van der Waals surface area contributed by atoms with E-state index in [9.17, 15) is 9.18 Å². The van der Waals surface area contributed by atoms with Crippen LogP contribution in [0.25, 0.3) is 5.57 Å². The highest BCUT2D eigenvalue weighted by Gasteiger charge is 2.19. The number of carbonyl (C=O) groups excluding carboxylic acids is 1. The summed E-state index contributed by atoms with van der Waals surface area (Å²) in [7, 11) is 0. The van der Waals surface area contributed by atoms with Gasteiger partial charge in [-0.1, -0.05) is 54.6 Å². The molecular weight excluding hydrogens is 327 g/mol. The molecule has 0 N–H and O–H groups in total. The van der Waals surface area contributed by atoms with E-state index in [0.29, 0.717) is 17.5 Å². The van der Waals surface area contributed by atoms with Gasteiger partial charge in [-0.15, -0.1) is 0 Å². The van der Waals surface area contributed by atoms with Gasteiger partial charge in [0.25, 0.3) is 0 Å². The van der Waals surface area contributed by atoms with Crippen molar-refractivity contribution in [2.24, 2.45) is 0 Å². The minimum absolute atomic E-state index is 0.0653. The third-order valence-corrected chi connectivity index (χ3v) is 4.45. The van der Waals surface area contributed by atoms with Crippen molar-refractivity contribution in [3.8, 4) is 5.75 Å². The molecule has 3 aromatic carbocycles. The van der Waals surface area contributed by atoms with E-state index >= 15 is 0 Å². The lowest BCUT2D eigenvalue weighted by Gasteiger charge is -2.17. The normalized spacial score (nSPS) is 12.9. The summed E-state index contributed by atoms with van der Waals surface area (Å²) < 4.78 is 20.2. The molecule has 0 atom stereocenters. The van der Waals surface area contributed by atoms with Crippen LogP contribution < -0.4 is 4.74 Å². The summed E-state index contributed by atoms with van der Waals surface area (Å²) in [6.07, 6.45) is 4.84. The molecule has 0 bridgehead atoms. The maximum Gasteiger partial charge on any atom is 0.343 e. The number of benzene rings is 3. The Kier molecular flexibility index (Phi) is 4.36. The standard InChI is InChI=1S/C23H16FO2/c24-22-20(19-14-13-16-7-4-5-10-18(16)15-19)11-6-12-21(22)26-23(25)17-8-2-1-3-9-17/h1-12H,13-14H2. The molecule has 0 saturated carbocycles. The Balaban J connectivity index is 1.65. The van der Waals surface area contributed by atoms with Gasteiger partial charge in [-0.25, -0.2) is 9.18 Å². The van der Waals surface area contributed by atoms with Crippen LogP contribution in [0.1, 0.15) is 33.5 Å². The number of halogens is 1. The Hall–Kier alpha value is -3.20. The largest absolute Gasteiger partial charge is 0.420 e. The number of allylic oxidation sites excluding steroid dienone is 1. The van der Waals surface area contributed by atoms with Crippen molar-refractivity contribution in [1.29, 1.82) is 0 Å². The molecule has 2 nitrogen and oxygen atoms in total. The first-order chi connectivity index (χ1) is 12.7. The Bertz CT molecular complexity index is 990. The van der Waals surface area contributed by atoms with Crippen LogP contribution in [0.4, 0.5) is 4.39 Å². The van der Waals surface area contributed by atoms with Gasteiger partial charge in [0.2, 0.25) is 0 Å². The second-order valence-electron chi connectivity index (χ2n) is 6.13. The van der Waals surface area contributed by atoms with Gasteiger partial charge >= 0.3 is 5.97 Å². The van der Waals surface area contributed by atoms with Gasteiger partial charge in [-0.2, -0.15) is 0 Å². The number of hydrogen-bond acceptors (Lipinski definition) is 2. The van der Waals surface area contributed by atoms with Crippen LogP contribution in [-0.4, -0.2) is 5.97 Å². The second kappa shape index (κ2) is 6.96. The van der Waals surface area contributed by atoms with Gasteiger partial charge in [0.05, 0.1) is 5.56 Å². The molecule has 0 fully saturated rings. The van der Waals surface area contributed by atoms with E-state index in [1.54, 1.807) is 42.5 Å². The maximum absolute atomic E-state index is 15.0. The molecule has 0 aromatic heterocycles. The zero-order chi connectivity index (χ0) is 17.9. The second-order valence-corrected chi connectivity index (χ2v) is 6.13. The van der Waals surface area contributed by atoms with Crippen molar-refractivity contribution in [3.63, 3.8) is 0 Å². The topological polar surface area (TPSA) is 26.3 Å². The van der Waals surface area contributed by atoms with Gasteiger partial charge in [0.15, 0.2) is 11.6 Å². The first-order valence-electron chi connectivity index (χ1n) is 8.49. The molecular formula is C23H16FO2. The average Bonchev–Trinajstić information content (AvgIpc) is 2.70. The summed E-state index contributed by atoms with van der Waals surface area (Å²) >= 11 is 0. The molecule has 3 heteroatoms. The molecule has 0 spiro atoms. The SMILES string of the molecule is O=C(Oc1cccc(C2=[C]c3ccccc3CC2)c1F)c1ccccc1. The number of ether oxygens (including phenoxy) is 1. The van der Waals surface area contributed by atoms with Crippen molar-refractivity contribution in [2.75, 3.05) is 0 Å². The Morgan fingerprint density at radius 1 is 0.885 bits per heavy atom. The smallest absolute Gasteiger partial charge is 0.343 e. The molecule has 26 heavy (non-hydrogen) atoms. The van der Waals surface area contributed by atoms with Crippen molar-refractivity contribution in [2.45, 2.75) is 12.8 Å². The van der Waals surface area contributed by atoms with E-state index in [1.807, 2.05) is 18.2 Å². The average molecular weight is 343 g/mol. The van der Waals surface area contributed by atoms with Crippen LogP contribution >= 0.6 is 0 Å². The van der Waals surface area contributed by atoms with Crippen LogP contribution in [0.5, 0.6) is 5.75 Å². The van der Waals surface area contributed by atoms with E-state index < -0.39 is 11.8 Å². The van der Waals surface area contributed by atoms with Crippen molar-refractivity contribution >= 4 is 11.5 Å². The molecule has 0 saturated heterocycles. The molecule has 4 rings (SSSR count). The summed E-state index contributed by atoms with van der Waals surface area (Å²) in [5.41, 5.74) is 3.80. The van der Waals surface area contributed by atoms with Crippen molar-refractivity contribution in [3.05, 3.63) is 107 Å². The van der Waals surface area contributed by atoms with Crippen LogP contribution in [0.2, 0.25) is 0 Å². The minimum atomic E-state index is -0.575. The fraction of sp³-hybridized carbons (Fsp3) is 0.0870. The van der Waals surface area contributed by atoms with Gasteiger partial charge in [-0.3, -0.25) is 0 Å². The Morgan fingerprint density at radius 3 is 2.50 bits per heavy atom. The molecule has 1 aliphatic rings. The first-order valence-corrected chi connectivity index (χ1v) is 8.49. The zero-order valence-electron chi connectivity index (χ0n) is 14.0. The fourth-order valence-electron chi connectivity index (χ4n) is 3.10. The Morgan fingerprint density at radius 2 is 1.65 bits per heavy atom. The monoisotopic (exact) mass is 343 g/mol. The summed E-state index contributed by atoms with van der Waals surface area (Å²) in [6, 6.07) is 21.4. The van der Waals surface area contributed by atoms with Crippen molar-refractivity contribution < 1.29 is 13.9 Å². The Labute approximate surface area is 151 Å². The number of carbonyl (C=O) groups is 1. The van der Waals surface area contributed by atoms with Crippen LogP contribution in [0.15, 0.2) is 72.8 Å². The molecule has 0 amide bonds. The lowest BCUT2D eigenvalue weighted by atomic mass is 9.88. The maximum atomic E-state index is 15.0. The predicted molar refractivity (Wildman–Crippen MR) is 98.3 cm³/mol. The summed E-state index contributed by atoms with van der Waals surface area (Å²) in [4.78, 5) is 12.2. The molecule has 0 heterocycles. The van der Waals surface area contributed by atoms with Crippen molar-refractivity contribution in [1.82, 2.24) is 0 Å². The molecule has 1 radical (unpaired) electrons. The third-order valence-electron chi connectivity index (χ3n) is 4.45. The lowest BCUT2D eigenvalue weighted by molar-refractivity contribution is 0.0728. The summed E-state index contributed by atoms with van der Waals surface area (Å²) in [5.74, 6) is -1.17. The number of fused-ring (bicyclic) bond motifs is 1. The van der Waals surface area contributed by atoms with E-state index in [2.05, 4.69) is 12.1 Å². The highest BCUT2D eigenvalue weighted by atomic mass is 19.1. The summed E-state index contributed by atoms with van der Waals surface area (Å²) in [5, 5.41) is 0. The number of aryl methyl sites for hydroxylation is 1. The highest BCUT2D eigenvalue weighted by molar-refractivity contribution is 5.91. The van der Waals surface area contributed by atoms with Crippen LogP contribution in [-0.2, 0) is 6.42 Å². The van der Waals surface area contributed by atoms with E-state index in [1.165, 1.54) is 11.6 Å². The quantitative estimate of drug-likeness (QED) is 0.481. The van der Waals surface area contributed by atoms with E-state index in [-0.39, 0.29) is 5.75 Å². The number of esters is 1. The van der Waals surface area contributed by atoms with Gasteiger partial charge in [0, 0.05) is 5.56 Å². The molecule has 0 aliphatic heterocycles. The molecule has 0 unspecified atom stereocenters. The number of hydrogen-bond donors (Lipinski definition) is 0. The third kappa shape index (κ3) is 3.16. The zero-order valence-corrected chi connectivity index (χ0v) is 14.0. The molecule has 3 aromatic rings. The number of rotatable bonds is 3. The minimum Gasteiger partial charge on any atom is -0.420 e. The predicted octanol–water partition coefficient (Wildman–Crippen LogP) is 5.23. The highest BCUT2D eigenvalue weighted by Crippen LogP contribution is 2.33. The van der Waals surface area contributed by atoms with E-state index in [0.717, 1.165) is 17.6 Å². The molecule has 127 valence electrons. The lowest BCUT2D eigenvalue weighted by Crippen LogP contribution is -2.10. The van der Waals surface area contributed by atoms with Gasteiger partial charge in [0.1, 0.15) is 0 Å². The van der Waals surface area contributed by atoms with E-state index in [4.69, 9.17) is 4.74 Å². The fourth-order valence-corrected chi connectivity index (χ4v) is 3.10.